The zero-order valence-corrected chi connectivity index (χ0v) is 14.5. The molecule has 0 saturated heterocycles. The number of amides is 2. The van der Waals surface area contributed by atoms with Crippen LogP contribution in [0.2, 0.25) is 5.02 Å². The van der Waals surface area contributed by atoms with E-state index in [4.69, 9.17) is 17.3 Å². The van der Waals surface area contributed by atoms with Crippen molar-refractivity contribution < 1.29 is 9.59 Å². The van der Waals surface area contributed by atoms with Crippen LogP contribution in [0.1, 0.15) is 37.0 Å². The van der Waals surface area contributed by atoms with E-state index in [9.17, 15) is 9.59 Å². The van der Waals surface area contributed by atoms with Gasteiger partial charge < -0.3 is 16.0 Å². The van der Waals surface area contributed by atoms with Gasteiger partial charge in [-0.1, -0.05) is 11.6 Å². The molecular formula is C15H23Cl2N3O2. The Hall–Kier alpha value is -1.30. The summed E-state index contributed by atoms with van der Waals surface area (Å²) in [5, 5.41) is 3.07. The van der Waals surface area contributed by atoms with E-state index in [2.05, 4.69) is 5.32 Å². The number of hydrogen-bond acceptors (Lipinski definition) is 3. The summed E-state index contributed by atoms with van der Waals surface area (Å²) in [7, 11) is 0. The maximum absolute atomic E-state index is 12.2. The highest BCUT2D eigenvalue weighted by atomic mass is 35.5. The Morgan fingerprint density at radius 3 is 2.41 bits per heavy atom. The lowest BCUT2D eigenvalue weighted by Gasteiger charge is -2.19. The van der Waals surface area contributed by atoms with Crippen LogP contribution < -0.4 is 11.1 Å². The molecule has 22 heavy (non-hydrogen) atoms. The van der Waals surface area contributed by atoms with Gasteiger partial charge in [-0.15, -0.1) is 12.4 Å². The van der Waals surface area contributed by atoms with Gasteiger partial charge in [-0.05, 0) is 45.0 Å². The number of nitrogens with one attached hydrogen (secondary N) is 1. The lowest BCUT2D eigenvalue weighted by Crippen LogP contribution is -2.30. The number of carbonyl (C=O) groups is 2. The molecule has 3 N–H and O–H groups in total. The molecule has 1 rings (SSSR count). The quantitative estimate of drug-likeness (QED) is 0.796. The van der Waals surface area contributed by atoms with E-state index in [-0.39, 0.29) is 24.2 Å². The topological polar surface area (TPSA) is 75.4 Å². The van der Waals surface area contributed by atoms with E-state index in [0.29, 0.717) is 48.7 Å². The smallest absolute Gasteiger partial charge is 0.255 e. The van der Waals surface area contributed by atoms with E-state index in [1.165, 1.54) is 0 Å². The van der Waals surface area contributed by atoms with Crippen LogP contribution in [0.3, 0.4) is 0 Å². The second kappa shape index (κ2) is 10.4. The highest BCUT2D eigenvalue weighted by molar-refractivity contribution is 6.34. The molecule has 5 nitrogen and oxygen atoms in total. The molecular weight excluding hydrogens is 325 g/mol. The van der Waals surface area contributed by atoms with Crippen LogP contribution in [0.4, 0.5) is 5.69 Å². The second-order valence-corrected chi connectivity index (χ2v) is 5.02. The van der Waals surface area contributed by atoms with E-state index in [1.807, 2.05) is 13.8 Å². The zero-order valence-electron chi connectivity index (χ0n) is 12.9. The lowest BCUT2D eigenvalue weighted by atomic mass is 10.1. The summed E-state index contributed by atoms with van der Waals surface area (Å²) in [6, 6.07) is 4.92. The number of carbonyl (C=O) groups excluding carboxylic acids is 2. The van der Waals surface area contributed by atoms with Gasteiger partial charge in [0, 0.05) is 25.2 Å². The minimum Gasteiger partial charge on any atom is -0.339 e. The van der Waals surface area contributed by atoms with Gasteiger partial charge in [-0.2, -0.15) is 0 Å². The zero-order chi connectivity index (χ0) is 15.8. The lowest BCUT2D eigenvalue weighted by molar-refractivity contribution is -0.116. The normalized spacial score (nSPS) is 9.82. The van der Waals surface area contributed by atoms with Crippen LogP contribution in [0, 0.1) is 0 Å². The second-order valence-electron chi connectivity index (χ2n) is 4.61. The average molecular weight is 348 g/mol. The molecule has 0 fully saturated rings. The Bertz CT molecular complexity index is 506. The fourth-order valence-corrected chi connectivity index (χ4v) is 2.19. The molecule has 0 aliphatic carbocycles. The largest absolute Gasteiger partial charge is 0.339 e. The van der Waals surface area contributed by atoms with Crippen molar-refractivity contribution in [1.82, 2.24) is 4.90 Å². The van der Waals surface area contributed by atoms with Crippen LogP contribution in [-0.2, 0) is 4.79 Å². The monoisotopic (exact) mass is 347 g/mol. The van der Waals surface area contributed by atoms with Crippen LogP contribution in [-0.4, -0.2) is 36.3 Å². The maximum Gasteiger partial charge on any atom is 0.255 e. The van der Waals surface area contributed by atoms with Crippen molar-refractivity contribution in [3.05, 3.63) is 28.8 Å². The minimum atomic E-state index is -0.112. The molecule has 124 valence electrons. The van der Waals surface area contributed by atoms with E-state index >= 15 is 0 Å². The van der Waals surface area contributed by atoms with Gasteiger partial charge >= 0.3 is 0 Å². The third-order valence-corrected chi connectivity index (χ3v) is 3.45. The molecule has 0 spiro atoms. The Morgan fingerprint density at radius 1 is 1.27 bits per heavy atom. The third kappa shape index (κ3) is 5.83. The first-order valence-corrected chi connectivity index (χ1v) is 7.50. The van der Waals surface area contributed by atoms with E-state index in [0.717, 1.165) is 0 Å². The summed E-state index contributed by atoms with van der Waals surface area (Å²) in [4.78, 5) is 25.6. The summed E-state index contributed by atoms with van der Waals surface area (Å²) in [6.07, 6.45) is 1.01. The Morgan fingerprint density at radius 2 is 1.91 bits per heavy atom. The molecule has 0 aliphatic rings. The first kappa shape index (κ1) is 20.7. The van der Waals surface area contributed by atoms with Gasteiger partial charge in [0.05, 0.1) is 10.6 Å². The molecule has 1 aromatic rings. The summed E-state index contributed by atoms with van der Waals surface area (Å²) in [5.74, 6) is -0.217. The Kier molecular flexibility index (Phi) is 9.81. The number of hydrogen-bond donors (Lipinski definition) is 2. The molecule has 7 heteroatoms. The van der Waals surface area contributed by atoms with E-state index in [1.54, 1.807) is 23.1 Å². The highest BCUT2D eigenvalue weighted by Crippen LogP contribution is 2.22. The molecule has 1 aromatic carbocycles. The standard InChI is InChI=1S/C15H22ClN3O2.ClH/c1-3-19(4-2)15(21)12-8-7-11(10-13(12)16)18-14(20)6-5-9-17;/h7-8,10H,3-6,9,17H2,1-2H3,(H,18,20);1H. The van der Waals surface area contributed by atoms with Gasteiger partial charge in [0.15, 0.2) is 0 Å². The van der Waals surface area contributed by atoms with Crippen LogP contribution in [0.25, 0.3) is 0 Å². The third-order valence-electron chi connectivity index (χ3n) is 3.14. The molecule has 2 amide bonds. The summed E-state index contributed by atoms with van der Waals surface area (Å²) < 4.78 is 0. The van der Waals surface area contributed by atoms with Gasteiger partial charge in [0.1, 0.15) is 0 Å². The van der Waals surface area contributed by atoms with Gasteiger partial charge in [-0.3, -0.25) is 9.59 Å². The number of rotatable bonds is 7. The molecule has 0 aliphatic heterocycles. The number of nitrogens with two attached hydrogens (primary N) is 1. The van der Waals surface area contributed by atoms with Crippen LogP contribution >= 0.6 is 24.0 Å². The van der Waals surface area contributed by atoms with Crippen molar-refractivity contribution >= 4 is 41.5 Å². The molecule has 0 bridgehead atoms. The SMILES string of the molecule is CCN(CC)C(=O)c1ccc(NC(=O)CCCN)cc1Cl.Cl. The molecule has 0 radical (unpaired) electrons. The summed E-state index contributed by atoms with van der Waals surface area (Å²) in [5.41, 5.74) is 6.39. The number of nitrogens with zero attached hydrogens (tertiary/aromatic N) is 1. The molecule has 0 atom stereocenters. The van der Waals surface area contributed by atoms with Crippen molar-refractivity contribution in [1.29, 1.82) is 0 Å². The molecule has 0 unspecified atom stereocenters. The fraction of sp³-hybridized carbons (Fsp3) is 0.467. The fourth-order valence-electron chi connectivity index (χ4n) is 1.93. The van der Waals surface area contributed by atoms with Gasteiger partial charge in [-0.25, -0.2) is 0 Å². The Balaban J connectivity index is 0.00000441. The molecule has 0 heterocycles. The van der Waals surface area contributed by atoms with Gasteiger partial charge in [0.25, 0.3) is 5.91 Å². The van der Waals surface area contributed by atoms with Crippen molar-refractivity contribution in [2.45, 2.75) is 26.7 Å². The molecule has 0 saturated carbocycles. The summed E-state index contributed by atoms with van der Waals surface area (Å²) in [6.45, 7) is 5.57. The van der Waals surface area contributed by atoms with Crippen LogP contribution in [0.5, 0.6) is 0 Å². The molecule has 0 aromatic heterocycles. The predicted octanol–water partition coefficient (Wildman–Crippen LogP) is 2.92. The van der Waals surface area contributed by atoms with Crippen molar-refractivity contribution in [3.63, 3.8) is 0 Å². The minimum absolute atomic E-state index is 0. The maximum atomic E-state index is 12.2. The predicted molar refractivity (Wildman–Crippen MR) is 92.9 cm³/mol. The highest BCUT2D eigenvalue weighted by Gasteiger charge is 2.16. The Labute approximate surface area is 142 Å². The summed E-state index contributed by atoms with van der Waals surface area (Å²) >= 11 is 6.15. The van der Waals surface area contributed by atoms with Crippen molar-refractivity contribution in [2.24, 2.45) is 5.73 Å². The first-order chi connectivity index (χ1) is 10.0. The number of halogens is 2. The van der Waals surface area contributed by atoms with Gasteiger partial charge in [0.2, 0.25) is 5.91 Å². The number of benzene rings is 1. The van der Waals surface area contributed by atoms with E-state index < -0.39 is 0 Å². The van der Waals surface area contributed by atoms with Crippen molar-refractivity contribution in [3.8, 4) is 0 Å². The first-order valence-electron chi connectivity index (χ1n) is 7.12. The van der Waals surface area contributed by atoms with Crippen LogP contribution in [0.15, 0.2) is 18.2 Å². The van der Waals surface area contributed by atoms with Crippen molar-refractivity contribution in [2.75, 3.05) is 25.0 Å². The average Bonchev–Trinajstić information content (AvgIpc) is 2.46. The number of anilines is 1.